The van der Waals surface area contributed by atoms with Crippen molar-refractivity contribution in [1.82, 2.24) is 24.8 Å². The molecule has 1 aliphatic rings. The highest BCUT2D eigenvalue weighted by atomic mass is 16.1. The fourth-order valence-electron chi connectivity index (χ4n) is 4.45. The molecule has 0 unspecified atom stereocenters. The Labute approximate surface area is 193 Å². The van der Waals surface area contributed by atoms with Gasteiger partial charge in [0.25, 0.3) is 5.91 Å². The minimum atomic E-state index is -0.146. The predicted molar refractivity (Wildman–Crippen MR) is 129 cm³/mol. The fourth-order valence-corrected chi connectivity index (χ4v) is 4.45. The van der Waals surface area contributed by atoms with Crippen LogP contribution < -0.4 is 10.2 Å². The molecule has 1 saturated heterocycles. The van der Waals surface area contributed by atoms with Gasteiger partial charge in [-0.25, -0.2) is 9.50 Å². The molecular weight excluding hydrogens is 412 g/mol. The van der Waals surface area contributed by atoms with Crippen molar-refractivity contribution >= 4 is 17.2 Å². The van der Waals surface area contributed by atoms with Crippen molar-refractivity contribution in [3.63, 3.8) is 0 Å². The number of aromatic nitrogens is 3. The van der Waals surface area contributed by atoms with E-state index >= 15 is 0 Å². The highest BCUT2D eigenvalue weighted by molar-refractivity contribution is 6.00. The molecule has 0 spiro atoms. The number of rotatable bonds is 6. The number of para-hydroxylation sites is 1. The number of piperazine rings is 1. The van der Waals surface area contributed by atoms with E-state index in [1.54, 1.807) is 23.0 Å². The normalized spacial score (nSPS) is 14.5. The van der Waals surface area contributed by atoms with E-state index in [9.17, 15) is 4.79 Å². The second-order valence-corrected chi connectivity index (χ2v) is 8.40. The Hall–Kier alpha value is -3.71. The predicted octanol–water partition coefficient (Wildman–Crippen LogP) is 3.29. The summed E-state index contributed by atoms with van der Waals surface area (Å²) in [7, 11) is 0. The summed E-state index contributed by atoms with van der Waals surface area (Å²) in [6.07, 6.45) is 3.49. The van der Waals surface area contributed by atoms with Gasteiger partial charge in [-0.2, -0.15) is 5.10 Å². The molecule has 1 aliphatic heterocycles. The molecule has 1 fully saturated rings. The van der Waals surface area contributed by atoms with Crippen molar-refractivity contribution in [3.8, 4) is 0 Å². The molecule has 168 valence electrons. The van der Waals surface area contributed by atoms with Crippen LogP contribution in [0.2, 0.25) is 0 Å². The van der Waals surface area contributed by atoms with Crippen molar-refractivity contribution in [1.29, 1.82) is 0 Å². The number of carbonyl (C=O) groups is 1. The van der Waals surface area contributed by atoms with Gasteiger partial charge in [-0.05, 0) is 36.2 Å². The maximum Gasteiger partial charge on any atom is 0.257 e. The summed E-state index contributed by atoms with van der Waals surface area (Å²) < 4.78 is 1.65. The van der Waals surface area contributed by atoms with Crippen molar-refractivity contribution in [2.24, 2.45) is 0 Å². The number of benzene rings is 2. The molecule has 3 heterocycles. The lowest BCUT2D eigenvalue weighted by molar-refractivity contribution is 0.0951. The first-order chi connectivity index (χ1) is 16.2. The molecule has 33 heavy (non-hydrogen) atoms. The Morgan fingerprint density at radius 3 is 2.45 bits per heavy atom. The third-order valence-corrected chi connectivity index (χ3v) is 6.24. The summed E-state index contributed by atoms with van der Waals surface area (Å²) in [5, 5.41) is 7.48. The monoisotopic (exact) mass is 440 g/mol. The van der Waals surface area contributed by atoms with Crippen LogP contribution in [0.25, 0.3) is 5.65 Å². The number of hydrogen-bond donors (Lipinski definition) is 1. The van der Waals surface area contributed by atoms with Gasteiger partial charge >= 0.3 is 0 Å². The molecule has 0 saturated carbocycles. The standard InChI is InChI=1S/C26H28N6O/c1-20-24(25-27-12-7-13-32(25)29-20)26(33)28-18-21-8-5-6-9-22(21)19-30-14-16-31(17-15-30)23-10-3-2-4-11-23/h2-13H,14-19H2,1H3,(H,28,33). The van der Waals surface area contributed by atoms with Crippen molar-refractivity contribution in [2.75, 3.05) is 31.1 Å². The van der Waals surface area contributed by atoms with Gasteiger partial charge < -0.3 is 10.2 Å². The van der Waals surface area contributed by atoms with Gasteiger partial charge in [0.2, 0.25) is 0 Å². The third kappa shape index (κ3) is 4.59. The first-order valence-electron chi connectivity index (χ1n) is 11.4. The summed E-state index contributed by atoms with van der Waals surface area (Å²) in [4.78, 5) is 22.2. The van der Waals surface area contributed by atoms with E-state index in [1.165, 1.54) is 11.3 Å². The molecule has 1 N–H and O–H groups in total. The van der Waals surface area contributed by atoms with Crippen LogP contribution in [-0.2, 0) is 13.1 Å². The number of nitrogens with zero attached hydrogens (tertiary/aromatic N) is 5. The van der Waals surface area contributed by atoms with Gasteiger partial charge in [-0.1, -0.05) is 42.5 Å². The molecular formula is C26H28N6O. The van der Waals surface area contributed by atoms with Crippen LogP contribution in [0.3, 0.4) is 0 Å². The molecule has 2 aromatic heterocycles. The Kier molecular flexibility index (Phi) is 6.04. The fraction of sp³-hybridized carbons (Fsp3) is 0.269. The lowest BCUT2D eigenvalue weighted by Crippen LogP contribution is -2.46. The smallest absolute Gasteiger partial charge is 0.257 e. The van der Waals surface area contributed by atoms with Crippen LogP contribution in [0.1, 0.15) is 27.2 Å². The summed E-state index contributed by atoms with van der Waals surface area (Å²) in [6, 6.07) is 20.8. The van der Waals surface area contributed by atoms with Gasteiger partial charge in [0.15, 0.2) is 5.65 Å². The van der Waals surface area contributed by atoms with E-state index in [-0.39, 0.29) is 5.91 Å². The van der Waals surface area contributed by atoms with E-state index in [2.05, 4.69) is 73.7 Å². The molecule has 5 rings (SSSR count). The van der Waals surface area contributed by atoms with Crippen LogP contribution in [0.4, 0.5) is 5.69 Å². The number of fused-ring (bicyclic) bond motifs is 1. The summed E-state index contributed by atoms with van der Waals surface area (Å²) in [6.45, 7) is 7.26. The molecule has 7 nitrogen and oxygen atoms in total. The molecule has 0 bridgehead atoms. The maximum absolute atomic E-state index is 13.0. The van der Waals surface area contributed by atoms with E-state index in [0.29, 0.717) is 23.4 Å². The molecule has 7 heteroatoms. The molecule has 4 aromatic rings. The molecule has 0 aliphatic carbocycles. The summed E-state index contributed by atoms with van der Waals surface area (Å²) in [5.41, 5.74) is 5.47. The van der Waals surface area contributed by atoms with Crippen LogP contribution in [0.15, 0.2) is 73.1 Å². The number of aryl methyl sites for hydroxylation is 1. The number of anilines is 1. The Bertz CT molecular complexity index is 1240. The Balaban J connectivity index is 1.22. The van der Waals surface area contributed by atoms with E-state index in [1.807, 2.05) is 13.0 Å². The van der Waals surface area contributed by atoms with Crippen LogP contribution in [-0.4, -0.2) is 51.6 Å². The van der Waals surface area contributed by atoms with Gasteiger partial charge in [0.1, 0.15) is 5.56 Å². The van der Waals surface area contributed by atoms with Gasteiger partial charge in [-0.15, -0.1) is 0 Å². The average molecular weight is 441 g/mol. The number of carbonyl (C=O) groups excluding carboxylic acids is 1. The summed E-state index contributed by atoms with van der Waals surface area (Å²) >= 11 is 0. The minimum absolute atomic E-state index is 0.146. The molecule has 0 radical (unpaired) electrons. The van der Waals surface area contributed by atoms with Crippen LogP contribution in [0, 0.1) is 6.92 Å². The quantitative estimate of drug-likeness (QED) is 0.498. The van der Waals surface area contributed by atoms with E-state index in [0.717, 1.165) is 38.3 Å². The maximum atomic E-state index is 13.0. The van der Waals surface area contributed by atoms with Crippen LogP contribution in [0.5, 0.6) is 0 Å². The van der Waals surface area contributed by atoms with Gasteiger partial charge in [0, 0.05) is 57.3 Å². The highest BCUT2D eigenvalue weighted by Gasteiger charge is 2.20. The first-order valence-corrected chi connectivity index (χ1v) is 11.4. The average Bonchev–Trinajstić information content (AvgIpc) is 3.20. The minimum Gasteiger partial charge on any atom is -0.369 e. The third-order valence-electron chi connectivity index (χ3n) is 6.24. The molecule has 0 atom stereocenters. The van der Waals surface area contributed by atoms with E-state index in [4.69, 9.17) is 0 Å². The Morgan fingerprint density at radius 2 is 1.67 bits per heavy atom. The van der Waals surface area contributed by atoms with Crippen molar-refractivity contribution in [2.45, 2.75) is 20.0 Å². The highest BCUT2D eigenvalue weighted by Crippen LogP contribution is 2.19. The number of hydrogen-bond acceptors (Lipinski definition) is 5. The molecule has 2 aromatic carbocycles. The summed E-state index contributed by atoms with van der Waals surface area (Å²) in [5.74, 6) is -0.146. The van der Waals surface area contributed by atoms with Crippen molar-refractivity contribution in [3.05, 3.63) is 95.4 Å². The van der Waals surface area contributed by atoms with Crippen molar-refractivity contribution < 1.29 is 4.79 Å². The Morgan fingerprint density at radius 1 is 0.939 bits per heavy atom. The second-order valence-electron chi connectivity index (χ2n) is 8.40. The second kappa shape index (κ2) is 9.42. The number of amides is 1. The first kappa shape index (κ1) is 21.2. The number of nitrogens with one attached hydrogen (secondary N) is 1. The zero-order valence-electron chi connectivity index (χ0n) is 18.8. The van der Waals surface area contributed by atoms with Gasteiger partial charge in [0.05, 0.1) is 5.69 Å². The SMILES string of the molecule is Cc1nn2cccnc2c1C(=O)NCc1ccccc1CN1CCN(c2ccccc2)CC1. The molecule has 1 amide bonds. The zero-order valence-corrected chi connectivity index (χ0v) is 18.8. The van der Waals surface area contributed by atoms with Crippen LogP contribution >= 0.6 is 0 Å². The van der Waals surface area contributed by atoms with Gasteiger partial charge in [-0.3, -0.25) is 9.69 Å². The lowest BCUT2D eigenvalue weighted by Gasteiger charge is -2.36. The van der Waals surface area contributed by atoms with E-state index < -0.39 is 0 Å². The topological polar surface area (TPSA) is 65.8 Å². The largest absolute Gasteiger partial charge is 0.369 e. The zero-order chi connectivity index (χ0) is 22.6. The lowest BCUT2D eigenvalue weighted by atomic mass is 10.1.